The number of amides is 3. The van der Waals surface area contributed by atoms with Gasteiger partial charge in [-0.1, -0.05) is 72.8 Å². The minimum absolute atomic E-state index is 0.000821. The fourth-order valence-corrected chi connectivity index (χ4v) is 4.02. The molecule has 8 nitrogen and oxygen atoms in total. The number of carbonyl (C=O) groups is 2. The Kier molecular flexibility index (Phi) is 6.64. The molecule has 0 saturated carbocycles. The van der Waals surface area contributed by atoms with E-state index in [4.69, 9.17) is 0 Å². The van der Waals surface area contributed by atoms with E-state index in [1.807, 2.05) is 60.7 Å². The number of hydrogen-bond donors (Lipinski definition) is 1. The summed E-state index contributed by atoms with van der Waals surface area (Å²) in [6.45, 7) is 1.05. The summed E-state index contributed by atoms with van der Waals surface area (Å²) < 4.78 is 0. The van der Waals surface area contributed by atoms with Gasteiger partial charge in [-0.2, -0.15) is 0 Å². The zero-order chi connectivity index (χ0) is 23.2. The number of para-hydroxylation sites is 2. The van der Waals surface area contributed by atoms with E-state index in [9.17, 15) is 19.7 Å². The molecular weight excluding hydrogens is 420 g/mol. The molecule has 4 rings (SSSR count). The summed E-state index contributed by atoms with van der Waals surface area (Å²) in [4.78, 5) is 40.4. The highest BCUT2D eigenvalue weighted by Crippen LogP contribution is 2.29. The Morgan fingerprint density at radius 1 is 0.909 bits per heavy atom. The molecule has 1 unspecified atom stereocenters. The summed E-state index contributed by atoms with van der Waals surface area (Å²) in [6, 6.07) is 24.3. The zero-order valence-corrected chi connectivity index (χ0v) is 18.0. The average molecular weight is 444 g/mol. The fourth-order valence-electron chi connectivity index (χ4n) is 4.02. The first-order valence-corrected chi connectivity index (χ1v) is 10.7. The van der Waals surface area contributed by atoms with Gasteiger partial charge in [0, 0.05) is 25.7 Å². The summed E-state index contributed by atoms with van der Waals surface area (Å²) in [5.74, 6) is 0.000821. The van der Waals surface area contributed by atoms with Crippen LogP contribution in [0.4, 0.5) is 16.2 Å². The van der Waals surface area contributed by atoms with E-state index in [2.05, 4.69) is 5.32 Å². The van der Waals surface area contributed by atoms with Gasteiger partial charge in [-0.05, 0) is 17.2 Å². The van der Waals surface area contributed by atoms with E-state index in [0.717, 1.165) is 11.1 Å². The number of nitrogens with one attached hydrogen (secondary N) is 1. The van der Waals surface area contributed by atoms with Gasteiger partial charge in [0.25, 0.3) is 5.69 Å². The Labute approximate surface area is 191 Å². The molecule has 0 aromatic heterocycles. The third-order valence-corrected chi connectivity index (χ3v) is 5.72. The molecule has 3 amide bonds. The number of nitrogens with zero attached hydrogens (tertiary/aromatic N) is 3. The number of anilines is 1. The largest absolute Gasteiger partial charge is 0.338 e. The smallest absolute Gasteiger partial charge is 0.322 e. The maximum atomic E-state index is 13.2. The van der Waals surface area contributed by atoms with Gasteiger partial charge in [0.1, 0.15) is 5.69 Å². The third kappa shape index (κ3) is 5.17. The van der Waals surface area contributed by atoms with Crippen LogP contribution in [0.2, 0.25) is 0 Å². The maximum Gasteiger partial charge on any atom is 0.322 e. The van der Waals surface area contributed by atoms with Crippen LogP contribution in [0.1, 0.15) is 17.2 Å². The van der Waals surface area contributed by atoms with Crippen molar-refractivity contribution < 1.29 is 14.5 Å². The van der Waals surface area contributed by atoms with Gasteiger partial charge in [-0.3, -0.25) is 14.9 Å². The molecule has 1 heterocycles. The normalized spacial score (nSPS) is 15.7. The predicted molar refractivity (Wildman–Crippen MR) is 125 cm³/mol. The number of rotatable bonds is 5. The highest BCUT2D eigenvalue weighted by Gasteiger charge is 2.34. The SMILES string of the molecule is O=C(Cc1ccccc1)N1CCN(C(=O)Nc2ccccc2[N+](=O)[O-])C(c2ccccc2)C1. The molecular formula is C25H24N4O4. The van der Waals surface area contributed by atoms with E-state index < -0.39 is 11.0 Å². The Hall–Kier alpha value is -4.20. The van der Waals surface area contributed by atoms with Crippen molar-refractivity contribution in [2.75, 3.05) is 25.0 Å². The summed E-state index contributed by atoms with van der Waals surface area (Å²) in [5, 5.41) is 14.0. The first kappa shape index (κ1) is 22.0. The lowest BCUT2D eigenvalue weighted by Crippen LogP contribution is -2.53. The molecule has 1 saturated heterocycles. The molecule has 0 bridgehead atoms. The topological polar surface area (TPSA) is 95.8 Å². The van der Waals surface area contributed by atoms with Crippen molar-refractivity contribution in [3.63, 3.8) is 0 Å². The van der Waals surface area contributed by atoms with Crippen LogP contribution < -0.4 is 5.32 Å². The molecule has 1 N–H and O–H groups in total. The lowest BCUT2D eigenvalue weighted by Gasteiger charge is -2.41. The van der Waals surface area contributed by atoms with Crippen molar-refractivity contribution in [1.82, 2.24) is 9.80 Å². The monoisotopic (exact) mass is 444 g/mol. The Balaban J connectivity index is 1.54. The highest BCUT2D eigenvalue weighted by molar-refractivity contribution is 5.92. The molecule has 33 heavy (non-hydrogen) atoms. The fraction of sp³-hybridized carbons (Fsp3) is 0.200. The van der Waals surface area contributed by atoms with E-state index in [0.29, 0.717) is 26.1 Å². The number of nitro benzene ring substituents is 1. The van der Waals surface area contributed by atoms with Crippen LogP contribution in [-0.4, -0.2) is 46.3 Å². The van der Waals surface area contributed by atoms with Gasteiger partial charge >= 0.3 is 6.03 Å². The molecule has 1 atom stereocenters. The summed E-state index contributed by atoms with van der Waals surface area (Å²) in [5.41, 5.74) is 1.81. The first-order chi connectivity index (χ1) is 16.0. The molecule has 168 valence electrons. The van der Waals surface area contributed by atoms with Crippen molar-refractivity contribution >= 4 is 23.3 Å². The number of hydrogen-bond acceptors (Lipinski definition) is 4. The van der Waals surface area contributed by atoms with Crippen LogP contribution in [0.15, 0.2) is 84.9 Å². The van der Waals surface area contributed by atoms with Gasteiger partial charge in [-0.25, -0.2) is 4.79 Å². The van der Waals surface area contributed by atoms with Crippen LogP contribution in [0.25, 0.3) is 0 Å². The van der Waals surface area contributed by atoms with Gasteiger partial charge < -0.3 is 15.1 Å². The van der Waals surface area contributed by atoms with Crippen LogP contribution in [-0.2, 0) is 11.2 Å². The van der Waals surface area contributed by atoms with Crippen molar-refractivity contribution in [3.8, 4) is 0 Å². The lowest BCUT2D eigenvalue weighted by atomic mass is 10.0. The number of piperazine rings is 1. The van der Waals surface area contributed by atoms with Gasteiger partial charge in [0.15, 0.2) is 0 Å². The summed E-state index contributed by atoms with van der Waals surface area (Å²) >= 11 is 0. The zero-order valence-electron chi connectivity index (χ0n) is 18.0. The molecule has 3 aromatic carbocycles. The summed E-state index contributed by atoms with van der Waals surface area (Å²) in [7, 11) is 0. The Morgan fingerprint density at radius 3 is 2.24 bits per heavy atom. The number of nitro groups is 1. The van der Waals surface area contributed by atoms with Gasteiger partial charge in [0.2, 0.25) is 5.91 Å². The minimum atomic E-state index is -0.523. The molecule has 1 aliphatic rings. The molecule has 0 aliphatic carbocycles. The van der Waals surface area contributed by atoms with E-state index in [1.54, 1.807) is 21.9 Å². The van der Waals surface area contributed by atoms with E-state index in [1.165, 1.54) is 12.1 Å². The number of benzene rings is 3. The molecule has 1 aliphatic heterocycles. The minimum Gasteiger partial charge on any atom is -0.338 e. The molecule has 8 heteroatoms. The predicted octanol–water partition coefficient (Wildman–Crippen LogP) is 4.25. The Bertz CT molecular complexity index is 1140. The highest BCUT2D eigenvalue weighted by atomic mass is 16.6. The lowest BCUT2D eigenvalue weighted by molar-refractivity contribution is -0.383. The number of carbonyl (C=O) groups excluding carboxylic acids is 2. The van der Waals surface area contributed by atoms with Crippen LogP contribution in [0.3, 0.4) is 0 Å². The molecule has 3 aromatic rings. The van der Waals surface area contributed by atoms with Crippen LogP contribution in [0, 0.1) is 10.1 Å². The maximum absolute atomic E-state index is 13.2. The van der Waals surface area contributed by atoms with E-state index >= 15 is 0 Å². The van der Waals surface area contributed by atoms with Crippen LogP contribution in [0.5, 0.6) is 0 Å². The first-order valence-electron chi connectivity index (χ1n) is 10.7. The molecule has 1 fully saturated rings. The Morgan fingerprint density at radius 2 is 1.55 bits per heavy atom. The van der Waals surface area contributed by atoms with E-state index in [-0.39, 0.29) is 23.3 Å². The molecule has 0 radical (unpaired) electrons. The quantitative estimate of drug-likeness (QED) is 0.470. The summed E-state index contributed by atoms with van der Waals surface area (Å²) in [6.07, 6.45) is 0.296. The van der Waals surface area contributed by atoms with Crippen molar-refractivity contribution in [2.45, 2.75) is 12.5 Å². The number of urea groups is 1. The standard InChI is InChI=1S/C25H24N4O4/c30-24(17-19-9-3-1-4-10-19)27-15-16-28(23(18-27)20-11-5-2-6-12-20)25(31)26-21-13-7-8-14-22(21)29(32)33/h1-14,23H,15-18H2,(H,26,31). The van der Waals surface area contributed by atoms with Gasteiger partial charge in [-0.15, -0.1) is 0 Å². The van der Waals surface area contributed by atoms with Crippen molar-refractivity contribution in [1.29, 1.82) is 0 Å². The third-order valence-electron chi connectivity index (χ3n) is 5.72. The second kappa shape index (κ2) is 9.95. The van der Waals surface area contributed by atoms with Gasteiger partial charge in [0.05, 0.1) is 17.4 Å². The second-order valence-electron chi connectivity index (χ2n) is 7.83. The second-order valence-corrected chi connectivity index (χ2v) is 7.83. The molecule has 0 spiro atoms. The van der Waals surface area contributed by atoms with Crippen molar-refractivity contribution in [2.24, 2.45) is 0 Å². The van der Waals surface area contributed by atoms with Crippen molar-refractivity contribution in [3.05, 3.63) is 106 Å². The average Bonchev–Trinajstić information content (AvgIpc) is 2.85. The van der Waals surface area contributed by atoms with Crippen LogP contribution >= 0.6 is 0 Å².